The number of nitrogens with one attached hydrogen (secondary N) is 2. The lowest BCUT2D eigenvalue weighted by Gasteiger charge is -2.34. The van der Waals surface area contributed by atoms with E-state index in [2.05, 4.69) is 20.7 Å². The maximum atomic E-state index is 12.3. The van der Waals surface area contributed by atoms with E-state index in [-0.39, 0.29) is 11.9 Å². The Bertz CT molecular complexity index is 769. The maximum absolute atomic E-state index is 12.3. The summed E-state index contributed by atoms with van der Waals surface area (Å²) in [7, 11) is 0. The van der Waals surface area contributed by atoms with Crippen molar-refractivity contribution in [3.8, 4) is 0 Å². The van der Waals surface area contributed by atoms with Crippen LogP contribution >= 0.6 is 0 Å². The van der Waals surface area contributed by atoms with Crippen LogP contribution in [-0.2, 0) is 6.42 Å². The normalized spacial score (nSPS) is 14.7. The molecular weight excluding hydrogens is 358 g/mol. The van der Waals surface area contributed by atoms with Crippen LogP contribution in [0.25, 0.3) is 0 Å². The van der Waals surface area contributed by atoms with Crippen LogP contribution in [0.3, 0.4) is 0 Å². The topological polar surface area (TPSA) is 90.7 Å². The Morgan fingerprint density at radius 3 is 2.46 bits per heavy atom. The van der Waals surface area contributed by atoms with Gasteiger partial charge in [-0.25, -0.2) is 4.79 Å². The van der Waals surface area contributed by atoms with Gasteiger partial charge in [-0.05, 0) is 18.9 Å². The number of nitrogens with zero attached hydrogens (tertiary/aromatic N) is 3. The van der Waals surface area contributed by atoms with Crippen molar-refractivity contribution in [3.63, 3.8) is 0 Å². The predicted octanol–water partition coefficient (Wildman–Crippen LogP) is 1.28. The van der Waals surface area contributed by atoms with Gasteiger partial charge >= 0.3 is 6.03 Å². The molecule has 1 fully saturated rings. The van der Waals surface area contributed by atoms with Gasteiger partial charge in [0, 0.05) is 51.9 Å². The molecule has 1 aromatic carbocycles. The van der Waals surface area contributed by atoms with Gasteiger partial charge in [-0.1, -0.05) is 35.5 Å². The number of aromatic nitrogens is 1. The molecule has 0 saturated carbocycles. The van der Waals surface area contributed by atoms with Crippen LogP contribution in [0.1, 0.15) is 21.8 Å². The quantitative estimate of drug-likeness (QED) is 0.749. The van der Waals surface area contributed by atoms with Gasteiger partial charge in [-0.2, -0.15) is 0 Å². The monoisotopic (exact) mass is 385 g/mol. The van der Waals surface area contributed by atoms with Crippen LogP contribution in [0.5, 0.6) is 0 Å². The van der Waals surface area contributed by atoms with E-state index in [0.717, 1.165) is 26.1 Å². The summed E-state index contributed by atoms with van der Waals surface area (Å²) >= 11 is 0. The van der Waals surface area contributed by atoms with Gasteiger partial charge in [0.2, 0.25) is 0 Å². The number of hydrogen-bond acceptors (Lipinski definition) is 5. The lowest BCUT2D eigenvalue weighted by molar-refractivity contribution is 0.0629. The van der Waals surface area contributed by atoms with Crippen molar-refractivity contribution in [1.82, 2.24) is 25.6 Å². The summed E-state index contributed by atoms with van der Waals surface area (Å²) in [6.07, 6.45) is 0.815. The highest BCUT2D eigenvalue weighted by Crippen LogP contribution is 2.09. The average molecular weight is 385 g/mol. The number of aryl methyl sites for hydroxylation is 1. The fraction of sp³-hybridized carbons (Fsp3) is 0.450. The van der Waals surface area contributed by atoms with Crippen molar-refractivity contribution in [1.29, 1.82) is 0 Å². The Morgan fingerprint density at radius 2 is 1.79 bits per heavy atom. The number of urea groups is 1. The highest BCUT2D eigenvalue weighted by molar-refractivity contribution is 5.92. The molecule has 2 heterocycles. The van der Waals surface area contributed by atoms with Gasteiger partial charge in [0.25, 0.3) is 5.91 Å². The zero-order valence-corrected chi connectivity index (χ0v) is 16.2. The standard InChI is InChI=1S/C20H27N5O3/c1-16-15-18(23-28-16)19(26)25-13-11-24(12-14-25)10-9-22-20(27)21-8-7-17-5-3-2-4-6-17/h2-6,15H,7-14H2,1H3,(H2,21,22,27). The third-order valence-electron chi connectivity index (χ3n) is 4.76. The van der Waals surface area contributed by atoms with Crippen LogP contribution in [-0.4, -0.2) is 72.7 Å². The second-order valence-corrected chi connectivity index (χ2v) is 6.87. The third kappa shape index (κ3) is 5.82. The predicted molar refractivity (Wildman–Crippen MR) is 105 cm³/mol. The zero-order valence-electron chi connectivity index (χ0n) is 16.2. The first-order valence-corrected chi connectivity index (χ1v) is 9.62. The van der Waals surface area contributed by atoms with Gasteiger partial charge in [0.15, 0.2) is 5.69 Å². The molecule has 8 heteroatoms. The second kappa shape index (κ2) is 9.89. The van der Waals surface area contributed by atoms with Crippen LogP contribution in [0, 0.1) is 6.92 Å². The van der Waals surface area contributed by atoms with Crippen molar-refractivity contribution in [2.75, 3.05) is 45.8 Å². The molecule has 0 unspecified atom stereocenters. The Hall–Kier alpha value is -2.87. The van der Waals surface area contributed by atoms with Crippen molar-refractivity contribution in [3.05, 3.63) is 53.4 Å². The summed E-state index contributed by atoms with van der Waals surface area (Å²) in [5, 5.41) is 9.55. The summed E-state index contributed by atoms with van der Waals surface area (Å²) in [5.74, 6) is 0.544. The summed E-state index contributed by atoms with van der Waals surface area (Å²) in [4.78, 5) is 28.2. The molecule has 1 aromatic heterocycles. The minimum absolute atomic E-state index is 0.0904. The van der Waals surface area contributed by atoms with Crippen molar-refractivity contribution in [2.24, 2.45) is 0 Å². The van der Waals surface area contributed by atoms with E-state index >= 15 is 0 Å². The third-order valence-corrected chi connectivity index (χ3v) is 4.76. The molecule has 150 valence electrons. The van der Waals surface area contributed by atoms with Crippen LogP contribution in [0.4, 0.5) is 4.79 Å². The van der Waals surface area contributed by atoms with Crippen LogP contribution in [0.2, 0.25) is 0 Å². The van der Waals surface area contributed by atoms with E-state index in [0.29, 0.717) is 37.6 Å². The first kappa shape index (κ1) is 19.9. The lowest BCUT2D eigenvalue weighted by atomic mass is 10.1. The summed E-state index contributed by atoms with van der Waals surface area (Å²) in [5.41, 5.74) is 1.57. The molecule has 2 aromatic rings. The van der Waals surface area contributed by atoms with E-state index < -0.39 is 0 Å². The van der Waals surface area contributed by atoms with Gasteiger partial charge in [-0.15, -0.1) is 0 Å². The molecule has 8 nitrogen and oxygen atoms in total. The smallest absolute Gasteiger partial charge is 0.314 e. The molecule has 3 amide bonds. The second-order valence-electron chi connectivity index (χ2n) is 6.87. The number of amides is 3. The molecule has 2 N–H and O–H groups in total. The van der Waals surface area contributed by atoms with E-state index in [9.17, 15) is 9.59 Å². The number of hydrogen-bond donors (Lipinski definition) is 2. The number of rotatable bonds is 7. The van der Waals surface area contributed by atoms with Crippen LogP contribution in [0.15, 0.2) is 40.9 Å². The first-order valence-electron chi connectivity index (χ1n) is 9.62. The number of carbonyl (C=O) groups excluding carboxylic acids is 2. The fourth-order valence-corrected chi connectivity index (χ4v) is 3.16. The maximum Gasteiger partial charge on any atom is 0.314 e. The van der Waals surface area contributed by atoms with E-state index in [1.54, 1.807) is 17.9 Å². The molecule has 1 aliphatic heterocycles. The van der Waals surface area contributed by atoms with Crippen molar-refractivity contribution < 1.29 is 14.1 Å². The Kier molecular flexibility index (Phi) is 7.02. The minimum Gasteiger partial charge on any atom is -0.361 e. The minimum atomic E-state index is -0.147. The SMILES string of the molecule is Cc1cc(C(=O)N2CCN(CCNC(=O)NCCc3ccccc3)CC2)no1. The zero-order chi connectivity index (χ0) is 19.8. The highest BCUT2D eigenvalue weighted by Gasteiger charge is 2.24. The van der Waals surface area contributed by atoms with Crippen molar-refractivity contribution >= 4 is 11.9 Å². The summed E-state index contributed by atoms with van der Waals surface area (Å²) in [6, 6.07) is 11.6. The Labute approximate surface area is 164 Å². The van der Waals surface area contributed by atoms with Crippen molar-refractivity contribution in [2.45, 2.75) is 13.3 Å². The number of piperazine rings is 1. The molecule has 0 spiro atoms. The Morgan fingerprint density at radius 1 is 1.07 bits per heavy atom. The number of benzene rings is 1. The molecule has 1 aliphatic rings. The summed E-state index contributed by atoms with van der Waals surface area (Å²) < 4.78 is 4.97. The van der Waals surface area contributed by atoms with E-state index in [1.807, 2.05) is 30.3 Å². The lowest BCUT2D eigenvalue weighted by Crippen LogP contribution is -2.50. The fourth-order valence-electron chi connectivity index (χ4n) is 3.16. The van der Waals surface area contributed by atoms with Crippen LogP contribution < -0.4 is 10.6 Å². The van der Waals surface area contributed by atoms with Gasteiger partial charge in [0.05, 0.1) is 0 Å². The largest absolute Gasteiger partial charge is 0.361 e. The molecule has 28 heavy (non-hydrogen) atoms. The van der Waals surface area contributed by atoms with Gasteiger partial charge < -0.3 is 20.1 Å². The Balaban J connectivity index is 1.28. The molecule has 3 rings (SSSR count). The first-order chi connectivity index (χ1) is 13.6. The van der Waals surface area contributed by atoms with Gasteiger partial charge in [0.1, 0.15) is 5.76 Å². The molecule has 1 saturated heterocycles. The molecule has 0 bridgehead atoms. The molecule has 0 radical (unpaired) electrons. The highest BCUT2D eigenvalue weighted by atomic mass is 16.5. The average Bonchev–Trinajstić information content (AvgIpc) is 3.15. The summed E-state index contributed by atoms with van der Waals surface area (Å²) in [6.45, 7) is 6.57. The molecular formula is C20H27N5O3. The van der Waals surface area contributed by atoms with E-state index in [1.165, 1.54) is 5.56 Å². The molecule has 0 aliphatic carbocycles. The number of carbonyl (C=O) groups is 2. The van der Waals surface area contributed by atoms with E-state index in [4.69, 9.17) is 4.52 Å². The molecule has 0 atom stereocenters. The van der Waals surface area contributed by atoms with Gasteiger partial charge in [-0.3, -0.25) is 9.69 Å².